The molecule has 2 N–H and O–H groups in total. The summed E-state index contributed by atoms with van der Waals surface area (Å²) in [6.07, 6.45) is 1.79. The van der Waals surface area contributed by atoms with Crippen molar-refractivity contribution in [2.24, 2.45) is 0 Å². The summed E-state index contributed by atoms with van der Waals surface area (Å²) < 4.78 is 5.00. The van der Waals surface area contributed by atoms with Crippen molar-refractivity contribution in [1.29, 1.82) is 0 Å². The lowest BCUT2D eigenvalue weighted by Crippen LogP contribution is -2.14. The van der Waals surface area contributed by atoms with Crippen molar-refractivity contribution < 1.29 is 9.53 Å². The Kier molecular flexibility index (Phi) is 3.59. The van der Waals surface area contributed by atoms with Crippen molar-refractivity contribution in [2.45, 2.75) is 19.4 Å². The zero-order valence-electron chi connectivity index (χ0n) is 8.36. The molecule has 1 rings (SSSR count). The standard InChI is InChI=1S/C10H14N2O2/c1-7(14-2)6-9(13)8-4-3-5-12-10(8)11/h3-5,7H,6H2,1-2H3,(H2,11,12). The number of pyridine rings is 1. The van der Waals surface area contributed by atoms with Crippen LogP contribution in [0.25, 0.3) is 0 Å². The number of carbonyl (C=O) groups excluding carboxylic acids is 1. The third kappa shape index (κ3) is 2.53. The molecule has 76 valence electrons. The minimum absolute atomic E-state index is 0.0371. The molecule has 0 saturated heterocycles. The Morgan fingerprint density at radius 1 is 1.71 bits per heavy atom. The van der Waals surface area contributed by atoms with Crippen molar-refractivity contribution in [3.05, 3.63) is 23.9 Å². The van der Waals surface area contributed by atoms with Gasteiger partial charge in [-0.2, -0.15) is 0 Å². The molecule has 0 aliphatic carbocycles. The van der Waals surface area contributed by atoms with E-state index in [-0.39, 0.29) is 17.7 Å². The number of nitrogens with zero attached hydrogens (tertiary/aromatic N) is 1. The first kappa shape index (κ1) is 10.7. The van der Waals surface area contributed by atoms with Gasteiger partial charge in [0.25, 0.3) is 0 Å². The molecule has 4 nitrogen and oxygen atoms in total. The van der Waals surface area contributed by atoms with Crippen LogP contribution in [-0.2, 0) is 4.74 Å². The summed E-state index contributed by atoms with van der Waals surface area (Å²) in [5.74, 6) is 0.241. The Bertz CT molecular complexity index is 326. The maximum atomic E-state index is 11.6. The largest absolute Gasteiger partial charge is 0.383 e. The number of hydrogen-bond donors (Lipinski definition) is 1. The minimum Gasteiger partial charge on any atom is -0.383 e. The Morgan fingerprint density at radius 3 is 3.00 bits per heavy atom. The fourth-order valence-corrected chi connectivity index (χ4v) is 1.11. The predicted molar refractivity (Wildman–Crippen MR) is 54.1 cm³/mol. The van der Waals surface area contributed by atoms with Crippen LogP contribution in [0.4, 0.5) is 5.82 Å². The molecule has 0 spiro atoms. The molecule has 0 aliphatic rings. The quantitative estimate of drug-likeness (QED) is 0.733. The molecule has 14 heavy (non-hydrogen) atoms. The number of hydrogen-bond acceptors (Lipinski definition) is 4. The summed E-state index contributed by atoms with van der Waals surface area (Å²) >= 11 is 0. The van der Waals surface area contributed by atoms with E-state index in [4.69, 9.17) is 10.5 Å². The van der Waals surface area contributed by atoms with Gasteiger partial charge in [0.1, 0.15) is 5.82 Å². The van der Waals surface area contributed by atoms with Crippen molar-refractivity contribution in [3.8, 4) is 0 Å². The van der Waals surface area contributed by atoms with Gasteiger partial charge >= 0.3 is 0 Å². The number of ether oxygens (including phenoxy) is 1. The van der Waals surface area contributed by atoms with Gasteiger partial charge in [-0.3, -0.25) is 4.79 Å². The summed E-state index contributed by atoms with van der Waals surface area (Å²) in [5, 5.41) is 0. The van der Waals surface area contributed by atoms with Gasteiger partial charge in [-0.05, 0) is 19.1 Å². The zero-order chi connectivity index (χ0) is 10.6. The van der Waals surface area contributed by atoms with Crippen LogP contribution in [0.3, 0.4) is 0 Å². The number of carbonyl (C=O) groups is 1. The normalized spacial score (nSPS) is 12.4. The average Bonchev–Trinajstić information content (AvgIpc) is 2.18. The van der Waals surface area contributed by atoms with Crippen LogP contribution in [0.5, 0.6) is 0 Å². The number of nitrogen functional groups attached to an aromatic ring is 1. The Balaban J connectivity index is 2.75. The summed E-state index contributed by atoms with van der Waals surface area (Å²) in [6.45, 7) is 1.84. The second kappa shape index (κ2) is 4.72. The molecule has 0 bridgehead atoms. The first-order valence-electron chi connectivity index (χ1n) is 4.41. The van der Waals surface area contributed by atoms with Crippen LogP contribution >= 0.6 is 0 Å². The Hall–Kier alpha value is -1.42. The molecule has 1 atom stereocenters. The van der Waals surface area contributed by atoms with Crippen LogP contribution in [0, 0.1) is 0 Å². The van der Waals surface area contributed by atoms with E-state index < -0.39 is 0 Å². The third-order valence-electron chi connectivity index (χ3n) is 2.01. The molecule has 0 radical (unpaired) electrons. The van der Waals surface area contributed by atoms with E-state index in [0.29, 0.717) is 12.0 Å². The van der Waals surface area contributed by atoms with Crippen LogP contribution in [0.15, 0.2) is 18.3 Å². The van der Waals surface area contributed by atoms with Crippen LogP contribution < -0.4 is 5.73 Å². The molecule has 0 fully saturated rings. The lowest BCUT2D eigenvalue weighted by molar-refractivity contribution is 0.0792. The second-order valence-electron chi connectivity index (χ2n) is 3.11. The van der Waals surface area contributed by atoms with Crippen molar-refractivity contribution in [3.63, 3.8) is 0 Å². The highest BCUT2D eigenvalue weighted by atomic mass is 16.5. The molecule has 0 amide bonds. The lowest BCUT2D eigenvalue weighted by Gasteiger charge is -2.08. The van der Waals surface area contributed by atoms with Crippen molar-refractivity contribution in [2.75, 3.05) is 12.8 Å². The molecular weight excluding hydrogens is 180 g/mol. The van der Waals surface area contributed by atoms with Gasteiger partial charge in [-0.15, -0.1) is 0 Å². The fourth-order valence-electron chi connectivity index (χ4n) is 1.11. The highest BCUT2D eigenvalue weighted by molar-refractivity contribution is 6.00. The predicted octanol–water partition coefficient (Wildman–Crippen LogP) is 1.27. The molecule has 4 heteroatoms. The van der Waals surface area contributed by atoms with E-state index in [9.17, 15) is 4.79 Å². The molecule has 1 heterocycles. The number of rotatable bonds is 4. The van der Waals surface area contributed by atoms with Gasteiger partial charge in [0.05, 0.1) is 11.7 Å². The van der Waals surface area contributed by atoms with E-state index in [2.05, 4.69) is 4.98 Å². The van der Waals surface area contributed by atoms with E-state index >= 15 is 0 Å². The molecule has 0 aromatic carbocycles. The number of methoxy groups -OCH3 is 1. The first-order valence-corrected chi connectivity index (χ1v) is 4.41. The van der Waals surface area contributed by atoms with Crippen LogP contribution in [0.2, 0.25) is 0 Å². The maximum absolute atomic E-state index is 11.6. The zero-order valence-corrected chi connectivity index (χ0v) is 8.36. The van der Waals surface area contributed by atoms with Gasteiger partial charge in [0.2, 0.25) is 0 Å². The van der Waals surface area contributed by atoms with Gasteiger partial charge in [-0.1, -0.05) is 0 Å². The van der Waals surface area contributed by atoms with E-state index in [1.807, 2.05) is 6.92 Å². The van der Waals surface area contributed by atoms with Crippen LogP contribution in [0.1, 0.15) is 23.7 Å². The summed E-state index contributed by atoms with van der Waals surface area (Å²) in [4.78, 5) is 15.5. The lowest BCUT2D eigenvalue weighted by atomic mass is 10.1. The van der Waals surface area contributed by atoms with E-state index in [0.717, 1.165) is 0 Å². The summed E-state index contributed by atoms with van der Waals surface area (Å²) in [5.41, 5.74) is 6.03. The third-order valence-corrected chi connectivity index (χ3v) is 2.01. The maximum Gasteiger partial charge on any atom is 0.169 e. The summed E-state index contributed by atoms with van der Waals surface area (Å²) in [6, 6.07) is 3.37. The molecule has 0 saturated carbocycles. The van der Waals surface area contributed by atoms with Gasteiger partial charge in [0, 0.05) is 19.7 Å². The molecule has 1 unspecified atom stereocenters. The second-order valence-corrected chi connectivity index (χ2v) is 3.11. The highest BCUT2D eigenvalue weighted by Crippen LogP contribution is 2.11. The molecule has 0 aliphatic heterocycles. The Labute approximate surface area is 83.1 Å². The molecular formula is C10H14N2O2. The topological polar surface area (TPSA) is 65.2 Å². The van der Waals surface area contributed by atoms with Gasteiger partial charge in [0.15, 0.2) is 5.78 Å². The van der Waals surface area contributed by atoms with E-state index in [1.165, 1.54) is 0 Å². The number of nitrogens with two attached hydrogens (primary N) is 1. The number of anilines is 1. The molecule has 1 aromatic heterocycles. The van der Waals surface area contributed by atoms with Crippen molar-refractivity contribution >= 4 is 11.6 Å². The highest BCUT2D eigenvalue weighted by Gasteiger charge is 2.13. The van der Waals surface area contributed by atoms with Gasteiger partial charge < -0.3 is 10.5 Å². The summed E-state index contributed by atoms with van der Waals surface area (Å²) in [7, 11) is 1.57. The number of ketones is 1. The fraction of sp³-hybridized carbons (Fsp3) is 0.400. The Morgan fingerprint density at radius 2 is 2.43 bits per heavy atom. The van der Waals surface area contributed by atoms with E-state index in [1.54, 1.807) is 25.4 Å². The average molecular weight is 194 g/mol. The smallest absolute Gasteiger partial charge is 0.169 e. The molecule has 1 aromatic rings. The first-order chi connectivity index (χ1) is 6.65. The number of Topliss-reactive ketones (excluding diaryl/α,β-unsaturated/α-hetero) is 1. The van der Waals surface area contributed by atoms with Crippen molar-refractivity contribution in [1.82, 2.24) is 4.98 Å². The monoisotopic (exact) mass is 194 g/mol. The minimum atomic E-state index is -0.0953. The SMILES string of the molecule is COC(C)CC(=O)c1cccnc1N. The number of aromatic nitrogens is 1. The van der Waals surface area contributed by atoms with Gasteiger partial charge in [-0.25, -0.2) is 4.98 Å². The van der Waals surface area contributed by atoms with Crippen LogP contribution in [-0.4, -0.2) is 24.0 Å².